The Morgan fingerprint density at radius 2 is 1.96 bits per heavy atom. The van der Waals surface area contributed by atoms with Crippen molar-refractivity contribution in [3.63, 3.8) is 0 Å². The lowest BCUT2D eigenvalue weighted by molar-refractivity contribution is 0.372. The number of aryl methyl sites for hydroxylation is 2. The molecular formula is C15H23N5O2S. The van der Waals surface area contributed by atoms with Crippen LogP contribution in [0.3, 0.4) is 0 Å². The molecule has 0 atom stereocenters. The summed E-state index contributed by atoms with van der Waals surface area (Å²) in [6.45, 7) is 2.67. The predicted molar refractivity (Wildman–Crippen MR) is 90.1 cm³/mol. The Morgan fingerprint density at radius 1 is 1.26 bits per heavy atom. The molecule has 0 bridgehead atoms. The summed E-state index contributed by atoms with van der Waals surface area (Å²) in [5, 5.41) is 8.41. The Hall–Kier alpha value is -1.70. The fourth-order valence-electron chi connectivity index (χ4n) is 3.27. The summed E-state index contributed by atoms with van der Waals surface area (Å²) in [6, 6.07) is 0. The van der Waals surface area contributed by atoms with Gasteiger partial charge in [0.15, 0.2) is 5.65 Å². The van der Waals surface area contributed by atoms with E-state index in [1.807, 2.05) is 14.0 Å². The molecule has 23 heavy (non-hydrogen) atoms. The second kappa shape index (κ2) is 6.07. The lowest BCUT2D eigenvalue weighted by Crippen LogP contribution is -2.29. The van der Waals surface area contributed by atoms with Gasteiger partial charge in [-0.3, -0.25) is 4.68 Å². The van der Waals surface area contributed by atoms with Crippen LogP contribution in [0.15, 0.2) is 6.20 Å². The fourth-order valence-corrected chi connectivity index (χ4v) is 4.40. The van der Waals surface area contributed by atoms with Crippen LogP contribution in [-0.2, 0) is 16.9 Å². The van der Waals surface area contributed by atoms with Crippen LogP contribution in [0.2, 0.25) is 0 Å². The van der Waals surface area contributed by atoms with Crippen molar-refractivity contribution in [1.29, 1.82) is 0 Å². The van der Waals surface area contributed by atoms with Crippen molar-refractivity contribution in [2.24, 2.45) is 13.0 Å². The molecule has 0 amide bonds. The molecular weight excluding hydrogens is 314 g/mol. The minimum Gasteiger partial charge on any atom is -0.369 e. The van der Waals surface area contributed by atoms with E-state index in [0.29, 0.717) is 11.7 Å². The van der Waals surface area contributed by atoms with Gasteiger partial charge in [-0.15, -0.1) is 0 Å². The SMILES string of the molecule is Cc1nc(NCC2CCC(S(C)(=O)=O)CC2)c2cnn(C)c2n1. The molecule has 1 aliphatic carbocycles. The van der Waals surface area contributed by atoms with Crippen molar-refractivity contribution in [3.05, 3.63) is 12.0 Å². The van der Waals surface area contributed by atoms with Crippen molar-refractivity contribution in [2.75, 3.05) is 18.1 Å². The highest BCUT2D eigenvalue weighted by Gasteiger charge is 2.27. The highest BCUT2D eigenvalue weighted by molar-refractivity contribution is 7.91. The van der Waals surface area contributed by atoms with Crippen LogP contribution in [0.25, 0.3) is 11.0 Å². The number of sulfone groups is 1. The molecule has 0 radical (unpaired) electrons. The third kappa shape index (κ3) is 3.46. The van der Waals surface area contributed by atoms with E-state index >= 15 is 0 Å². The third-order valence-corrected chi connectivity index (χ3v) is 6.34. The third-order valence-electron chi connectivity index (χ3n) is 4.66. The molecule has 1 aliphatic rings. The Balaban J connectivity index is 1.66. The molecule has 1 N–H and O–H groups in total. The van der Waals surface area contributed by atoms with E-state index in [1.165, 1.54) is 6.26 Å². The van der Waals surface area contributed by atoms with Crippen LogP contribution in [0.5, 0.6) is 0 Å². The second-order valence-electron chi connectivity index (χ2n) is 6.48. The molecule has 1 fully saturated rings. The summed E-state index contributed by atoms with van der Waals surface area (Å²) in [5.74, 6) is 2.00. The number of anilines is 1. The van der Waals surface area contributed by atoms with Gasteiger partial charge in [0.05, 0.1) is 16.8 Å². The smallest absolute Gasteiger partial charge is 0.163 e. The molecule has 2 aromatic heterocycles. The molecule has 0 saturated heterocycles. The Morgan fingerprint density at radius 3 is 2.61 bits per heavy atom. The van der Waals surface area contributed by atoms with Gasteiger partial charge in [0, 0.05) is 19.8 Å². The molecule has 8 heteroatoms. The van der Waals surface area contributed by atoms with Gasteiger partial charge >= 0.3 is 0 Å². The molecule has 7 nitrogen and oxygen atoms in total. The van der Waals surface area contributed by atoms with E-state index in [9.17, 15) is 8.42 Å². The first kappa shape index (κ1) is 16.2. The Kier molecular flexibility index (Phi) is 4.27. The van der Waals surface area contributed by atoms with Gasteiger partial charge in [-0.1, -0.05) is 0 Å². The molecule has 0 spiro atoms. The number of rotatable bonds is 4. The predicted octanol–water partition coefficient (Wildman–Crippen LogP) is 1.69. The maximum absolute atomic E-state index is 11.6. The van der Waals surface area contributed by atoms with Gasteiger partial charge in [0.1, 0.15) is 21.5 Å². The van der Waals surface area contributed by atoms with Crippen LogP contribution in [0.4, 0.5) is 5.82 Å². The zero-order chi connectivity index (χ0) is 16.6. The zero-order valence-corrected chi connectivity index (χ0v) is 14.6. The first-order valence-electron chi connectivity index (χ1n) is 7.93. The first-order valence-corrected chi connectivity index (χ1v) is 9.89. The quantitative estimate of drug-likeness (QED) is 0.913. The minimum atomic E-state index is -2.90. The second-order valence-corrected chi connectivity index (χ2v) is 8.80. The van der Waals surface area contributed by atoms with Crippen molar-refractivity contribution in [2.45, 2.75) is 37.9 Å². The summed E-state index contributed by atoms with van der Waals surface area (Å²) < 4.78 is 25.0. The first-order chi connectivity index (χ1) is 10.8. The van der Waals surface area contributed by atoms with E-state index in [4.69, 9.17) is 0 Å². The van der Waals surface area contributed by atoms with E-state index in [1.54, 1.807) is 10.9 Å². The largest absolute Gasteiger partial charge is 0.369 e. The average molecular weight is 337 g/mol. The van der Waals surface area contributed by atoms with Crippen molar-refractivity contribution >= 4 is 26.7 Å². The summed E-state index contributed by atoms with van der Waals surface area (Å²) in [7, 11) is -1.03. The molecule has 126 valence electrons. The maximum atomic E-state index is 11.6. The normalized spacial score (nSPS) is 22.4. The number of hydrogen-bond acceptors (Lipinski definition) is 6. The van der Waals surface area contributed by atoms with E-state index in [2.05, 4.69) is 20.4 Å². The van der Waals surface area contributed by atoms with E-state index in [-0.39, 0.29) is 5.25 Å². The van der Waals surface area contributed by atoms with Gasteiger partial charge in [0.2, 0.25) is 0 Å². The van der Waals surface area contributed by atoms with Crippen LogP contribution in [-0.4, -0.2) is 46.2 Å². The summed E-state index contributed by atoms with van der Waals surface area (Å²) in [6.07, 6.45) is 6.51. The lowest BCUT2D eigenvalue weighted by atomic mass is 9.89. The number of nitrogens with one attached hydrogen (secondary N) is 1. The molecule has 0 aromatic carbocycles. The van der Waals surface area contributed by atoms with Gasteiger partial charge in [-0.25, -0.2) is 18.4 Å². The lowest BCUT2D eigenvalue weighted by Gasteiger charge is -2.27. The molecule has 1 saturated carbocycles. The van der Waals surface area contributed by atoms with Crippen molar-refractivity contribution in [1.82, 2.24) is 19.7 Å². The van der Waals surface area contributed by atoms with Crippen LogP contribution >= 0.6 is 0 Å². The summed E-state index contributed by atoms with van der Waals surface area (Å²) in [4.78, 5) is 8.89. The molecule has 0 aliphatic heterocycles. The minimum absolute atomic E-state index is 0.162. The van der Waals surface area contributed by atoms with Crippen LogP contribution < -0.4 is 5.32 Å². The summed E-state index contributed by atoms with van der Waals surface area (Å²) in [5.41, 5.74) is 0.820. The molecule has 2 heterocycles. The Bertz CT molecular complexity index is 807. The summed E-state index contributed by atoms with van der Waals surface area (Å²) >= 11 is 0. The highest BCUT2D eigenvalue weighted by Crippen LogP contribution is 2.29. The Labute approximate surface area is 136 Å². The van der Waals surface area contributed by atoms with Gasteiger partial charge < -0.3 is 5.32 Å². The van der Waals surface area contributed by atoms with Gasteiger partial charge in [-0.05, 0) is 38.5 Å². The monoisotopic (exact) mass is 337 g/mol. The topological polar surface area (TPSA) is 89.8 Å². The number of hydrogen-bond donors (Lipinski definition) is 1. The standard InChI is InChI=1S/C15H23N5O2S/c1-10-18-14(13-9-17-20(2)15(13)19-10)16-8-11-4-6-12(7-5-11)23(3,21)22/h9,11-12H,4-8H2,1-3H3,(H,16,18,19). The maximum Gasteiger partial charge on any atom is 0.163 e. The van der Waals surface area contributed by atoms with Gasteiger partial charge in [0.25, 0.3) is 0 Å². The molecule has 0 unspecified atom stereocenters. The molecule has 2 aromatic rings. The van der Waals surface area contributed by atoms with Crippen LogP contribution in [0, 0.1) is 12.8 Å². The van der Waals surface area contributed by atoms with Crippen LogP contribution in [0.1, 0.15) is 31.5 Å². The average Bonchev–Trinajstić information content (AvgIpc) is 2.86. The number of fused-ring (bicyclic) bond motifs is 1. The fraction of sp³-hybridized carbons (Fsp3) is 0.667. The van der Waals surface area contributed by atoms with Gasteiger partial charge in [-0.2, -0.15) is 5.10 Å². The van der Waals surface area contributed by atoms with Crippen molar-refractivity contribution < 1.29 is 8.42 Å². The molecule has 3 rings (SSSR count). The zero-order valence-electron chi connectivity index (χ0n) is 13.8. The van der Waals surface area contributed by atoms with Crippen molar-refractivity contribution in [3.8, 4) is 0 Å². The van der Waals surface area contributed by atoms with E-state index < -0.39 is 9.84 Å². The highest BCUT2D eigenvalue weighted by atomic mass is 32.2. The number of aromatic nitrogens is 4. The number of nitrogens with zero attached hydrogens (tertiary/aromatic N) is 4. The van der Waals surface area contributed by atoms with E-state index in [0.717, 1.165) is 49.1 Å².